The lowest BCUT2D eigenvalue weighted by Gasteiger charge is -2.37. The zero-order valence-corrected chi connectivity index (χ0v) is 18.0. The molecule has 1 aliphatic rings. The van der Waals surface area contributed by atoms with Crippen LogP contribution in [0.15, 0.2) is 23.2 Å². The van der Waals surface area contributed by atoms with Crippen LogP contribution in [0.4, 0.5) is 14.5 Å². The van der Waals surface area contributed by atoms with Crippen molar-refractivity contribution in [3.05, 3.63) is 29.8 Å². The minimum absolute atomic E-state index is 0. The van der Waals surface area contributed by atoms with Crippen molar-refractivity contribution < 1.29 is 13.5 Å². The summed E-state index contributed by atoms with van der Waals surface area (Å²) < 4.78 is 32.8. The predicted molar refractivity (Wildman–Crippen MR) is 113 cm³/mol. The topological polar surface area (TPSA) is 40.1 Å². The average molecular weight is 482 g/mol. The van der Waals surface area contributed by atoms with Crippen molar-refractivity contribution in [3.63, 3.8) is 0 Å². The minimum Gasteiger partial charge on any atom is -0.379 e. The SMILES string of the molecule is CN=C(NCCCOC(C)C)N1CCN(c2cc(F)ccc2F)CC1.I. The van der Waals surface area contributed by atoms with Crippen molar-refractivity contribution in [2.75, 3.05) is 51.3 Å². The Morgan fingerprint density at radius 3 is 2.54 bits per heavy atom. The number of rotatable bonds is 6. The van der Waals surface area contributed by atoms with Crippen molar-refractivity contribution in [2.45, 2.75) is 26.4 Å². The number of nitrogens with one attached hydrogen (secondary N) is 1. The van der Waals surface area contributed by atoms with E-state index in [-0.39, 0.29) is 35.9 Å². The van der Waals surface area contributed by atoms with E-state index in [2.05, 4.69) is 15.2 Å². The van der Waals surface area contributed by atoms with Crippen molar-refractivity contribution >= 4 is 35.6 Å². The van der Waals surface area contributed by atoms with E-state index in [0.717, 1.165) is 25.0 Å². The van der Waals surface area contributed by atoms with Crippen LogP contribution in [-0.2, 0) is 4.74 Å². The Kier molecular flexibility index (Phi) is 10.1. The van der Waals surface area contributed by atoms with Gasteiger partial charge >= 0.3 is 0 Å². The number of benzene rings is 1. The molecule has 1 N–H and O–H groups in total. The number of nitrogens with zero attached hydrogens (tertiary/aromatic N) is 3. The first-order valence-corrected chi connectivity index (χ1v) is 8.78. The summed E-state index contributed by atoms with van der Waals surface area (Å²) in [7, 11) is 1.76. The molecule has 2 rings (SSSR count). The highest BCUT2D eigenvalue weighted by Gasteiger charge is 2.21. The third-order valence-corrected chi connectivity index (χ3v) is 4.10. The summed E-state index contributed by atoms with van der Waals surface area (Å²) in [6.45, 7) is 8.21. The summed E-state index contributed by atoms with van der Waals surface area (Å²) >= 11 is 0. The number of halogens is 3. The maximum atomic E-state index is 13.9. The van der Waals surface area contributed by atoms with E-state index < -0.39 is 5.82 Å². The summed E-state index contributed by atoms with van der Waals surface area (Å²) in [6, 6.07) is 3.58. The molecule has 0 saturated carbocycles. The fourth-order valence-corrected chi connectivity index (χ4v) is 2.81. The quantitative estimate of drug-likeness (QED) is 0.293. The maximum absolute atomic E-state index is 13.9. The molecule has 1 aromatic carbocycles. The summed E-state index contributed by atoms with van der Waals surface area (Å²) in [5, 5.41) is 3.33. The first-order valence-electron chi connectivity index (χ1n) is 8.78. The molecule has 1 fully saturated rings. The first-order chi connectivity index (χ1) is 12.0. The van der Waals surface area contributed by atoms with E-state index in [4.69, 9.17) is 4.74 Å². The smallest absolute Gasteiger partial charge is 0.193 e. The Bertz CT molecular complexity index is 578. The Balaban J connectivity index is 0.00000338. The van der Waals surface area contributed by atoms with Crippen LogP contribution in [0, 0.1) is 11.6 Å². The van der Waals surface area contributed by atoms with Crippen molar-refractivity contribution in [3.8, 4) is 0 Å². The predicted octanol–water partition coefficient (Wildman–Crippen LogP) is 3.10. The van der Waals surface area contributed by atoms with Gasteiger partial charge in [-0.15, -0.1) is 24.0 Å². The fourth-order valence-electron chi connectivity index (χ4n) is 2.81. The second kappa shape index (κ2) is 11.5. The van der Waals surface area contributed by atoms with Gasteiger partial charge in [-0.3, -0.25) is 4.99 Å². The number of guanidine groups is 1. The van der Waals surface area contributed by atoms with Gasteiger partial charge in [-0.1, -0.05) is 0 Å². The van der Waals surface area contributed by atoms with Crippen LogP contribution < -0.4 is 10.2 Å². The molecule has 1 heterocycles. The van der Waals surface area contributed by atoms with E-state index >= 15 is 0 Å². The normalized spacial score (nSPS) is 15.2. The summed E-state index contributed by atoms with van der Waals surface area (Å²) in [4.78, 5) is 8.32. The molecule has 1 aliphatic heterocycles. The highest BCUT2D eigenvalue weighted by molar-refractivity contribution is 14.0. The van der Waals surface area contributed by atoms with Crippen molar-refractivity contribution in [2.24, 2.45) is 4.99 Å². The lowest BCUT2D eigenvalue weighted by Crippen LogP contribution is -2.52. The number of ether oxygens (including phenoxy) is 1. The number of hydrogen-bond acceptors (Lipinski definition) is 3. The van der Waals surface area contributed by atoms with Gasteiger partial charge in [0.05, 0.1) is 11.8 Å². The number of piperazine rings is 1. The molecular weight excluding hydrogens is 453 g/mol. The Hall–Kier alpha value is -1.16. The number of anilines is 1. The van der Waals surface area contributed by atoms with Gasteiger partial charge in [-0.25, -0.2) is 8.78 Å². The molecule has 0 aromatic heterocycles. The van der Waals surface area contributed by atoms with Crippen LogP contribution in [0.1, 0.15) is 20.3 Å². The largest absolute Gasteiger partial charge is 0.379 e. The van der Waals surface area contributed by atoms with E-state index in [0.29, 0.717) is 38.5 Å². The molecule has 0 atom stereocenters. The van der Waals surface area contributed by atoms with Crippen LogP contribution in [0.3, 0.4) is 0 Å². The van der Waals surface area contributed by atoms with Crippen LogP contribution in [0.5, 0.6) is 0 Å². The van der Waals surface area contributed by atoms with E-state index in [9.17, 15) is 8.78 Å². The monoisotopic (exact) mass is 482 g/mol. The van der Waals surface area contributed by atoms with Gasteiger partial charge in [0, 0.05) is 52.4 Å². The molecule has 1 aromatic rings. The van der Waals surface area contributed by atoms with Crippen LogP contribution >= 0.6 is 24.0 Å². The standard InChI is InChI=1S/C18H28F2N4O.HI/c1-14(2)25-12-4-7-22-18(21-3)24-10-8-23(9-11-24)17-13-15(19)5-6-16(17)20;/h5-6,13-14H,4,7-12H2,1-3H3,(H,21,22);1H. The molecule has 8 heteroatoms. The van der Waals surface area contributed by atoms with E-state index in [1.54, 1.807) is 7.05 Å². The van der Waals surface area contributed by atoms with Crippen LogP contribution in [0.2, 0.25) is 0 Å². The fraction of sp³-hybridized carbons (Fsp3) is 0.611. The van der Waals surface area contributed by atoms with Gasteiger partial charge in [-0.2, -0.15) is 0 Å². The Morgan fingerprint density at radius 1 is 1.23 bits per heavy atom. The molecule has 5 nitrogen and oxygen atoms in total. The lowest BCUT2D eigenvalue weighted by atomic mass is 10.2. The van der Waals surface area contributed by atoms with Gasteiger partial charge in [0.25, 0.3) is 0 Å². The summed E-state index contributed by atoms with van der Waals surface area (Å²) in [5.74, 6) is 0.0337. The molecule has 0 bridgehead atoms. The average Bonchev–Trinajstić information content (AvgIpc) is 2.60. The molecule has 0 amide bonds. The van der Waals surface area contributed by atoms with E-state index in [1.807, 2.05) is 18.7 Å². The van der Waals surface area contributed by atoms with Gasteiger partial charge in [0.15, 0.2) is 5.96 Å². The molecule has 0 radical (unpaired) electrons. The zero-order valence-electron chi connectivity index (χ0n) is 15.7. The maximum Gasteiger partial charge on any atom is 0.193 e. The molecule has 0 spiro atoms. The lowest BCUT2D eigenvalue weighted by molar-refractivity contribution is 0.0775. The minimum atomic E-state index is -0.417. The van der Waals surface area contributed by atoms with Gasteiger partial charge in [-0.05, 0) is 32.4 Å². The molecule has 148 valence electrons. The van der Waals surface area contributed by atoms with Gasteiger partial charge in [0.2, 0.25) is 0 Å². The second-order valence-electron chi connectivity index (χ2n) is 6.32. The van der Waals surface area contributed by atoms with Gasteiger partial charge < -0.3 is 19.9 Å². The molecule has 0 unspecified atom stereocenters. The molecule has 0 aliphatic carbocycles. The third-order valence-electron chi connectivity index (χ3n) is 4.10. The second-order valence-corrected chi connectivity index (χ2v) is 6.32. The highest BCUT2D eigenvalue weighted by atomic mass is 127. The van der Waals surface area contributed by atoms with E-state index in [1.165, 1.54) is 12.1 Å². The summed E-state index contributed by atoms with van der Waals surface area (Å²) in [6.07, 6.45) is 1.15. The number of hydrogen-bond donors (Lipinski definition) is 1. The van der Waals surface area contributed by atoms with Gasteiger partial charge in [0.1, 0.15) is 11.6 Å². The summed E-state index contributed by atoms with van der Waals surface area (Å²) in [5.41, 5.74) is 0.327. The molecular formula is C18H29F2IN4O. The molecule has 1 saturated heterocycles. The Labute approximate surface area is 171 Å². The zero-order chi connectivity index (χ0) is 18.2. The van der Waals surface area contributed by atoms with Crippen LogP contribution in [-0.4, -0.2) is 63.3 Å². The third kappa shape index (κ3) is 6.86. The highest BCUT2D eigenvalue weighted by Crippen LogP contribution is 2.21. The van der Waals surface area contributed by atoms with Crippen molar-refractivity contribution in [1.29, 1.82) is 0 Å². The number of aliphatic imine (C=N–C) groups is 1. The Morgan fingerprint density at radius 2 is 1.92 bits per heavy atom. The van der Waals surface area contributed by atoms with Crippen molar-refractivity contribution in [1.82, 2.24) is 10.2 Å². The molecule has 26 heavy (non-hydrogen) atoms. The van der Waals surface area contributed by atoms with Crippen LogP contribution in [0.25, 0.3) is 0 Å². The first kappa shape index (κ1) is 22.9.